The molecule has 26 heavy (non-hydrogen) atoms. The van der Waals surface area contributed by atoms with Gasteiger partial charge in [0.15, 0.2) is 0 Å². The molecule has 2 rings (SSSR count). The van der Waals surface area contributed by atoms with E-state index in [-0.39, 0.29) is 17.5 Å². The van der Waals surface area contributed by atoms with Crippen molar-refractivity contribution in [1.29, 1.82) is 0 Å². The van der Waals surface area contributed by atoms with Crippen LogP contribution in [0.5, 0.6) is 0 Å². The van der Waals surface area contributed by atoms with Gasteiger partial charge in [-0.3, -0.25) is 9.59 Å². The summed E-state index contributed by atoms with van der Waals surface area (Å²) in [5.41, 5.74) is 4.62. The van der Waals surface area contributed by atoms with Crippen molar-refractivity contribution in [2.45, 2.75) is 26.2 Å². The van der Waals surface area contributed by atoms with Gasteiger partial charge in [0.05, 0.1) is 12.8 Å². The minimum absolute atomic E-state index is 0.0732. The normalized spacial score (nSPS) is 11.4. The minimum atomic E-state index is -0.526. The van der Waals surface area contributed by atoms with Gasteiger partial charge in [0, 0.05) is 5.56 Å². The second kappa shape index (κ2) is 8.38. The van der Waals surface area contributed by atoms with E-state index in [1.165, 1.54) is 30.0 Å². The molecule has 0 atom stereocenters. The number of amides is 2. The van der Waals surface area contributed by atoms with Crippen LogP contribution in [0, 0.1) is 5.82 Å². The molecule has 6 heteroatoms. The van der Waals surface area contributed by atoms with Gasteiger partial charge in [-0.25, -0.2) is 9.82 Å². The van der Waals surface area contributed by atoms with Crippen molar-refractivity contribution in [3.63, 3.8) is 0 Å². The van der Waals surface area contributed by atoms with E-state index in [1.54, 1.807) is 0 Å². The number of rotatable bonds is 5. The summed E-state index contributed by atoms with van der Waals surface area (Å²) >= 11 is 0. The first-order chi connectivity index (χ1) is 12.3. The third kappa shape index (κ3) is 5.81. The highest BCUT2D eigenvalue weighted by Gasteiger charge is 2.12. The van der Waals surface area contributed by atoms with Gasteiger partial charge in [0.2, 0.25) is 0 Å². The molecular formula is C20H22FN3O2. The molecule has 0 saturated heterocycles. The van der Waals surface area contributed by atoms with Crippen LogP contribution in [0.2, 0.25) is 0 Å². The van der Waals surface area contributed by atoms with Crippen molar-refractivity contribution < 1.29 is 14.0 Å². The number of hydrazone groups is 1. The van der Waals surface area contributed by atoms with Crippen LogP contribution in [0.15, 0.2) is 53.6 Å². The van der Waals surface area contributed by atoms with Crippen molar-refractivity contribution in [2.24, 2.45) is 5.10 Å². The monoisotopic (exact) mass is 355 g/mol. The maximum absolute atomic E-state index is 13.1. The third-order valence-corrected chi connectivity index (χ3v) is 3.68. The molecule has 0 aromatic heterocycles. The number of carbonyl (C=O) groups excluding carboxylic acids is 2. The molecule has 0 aliphatic carbocycles. The van der Waals surface area contributed by atoms with Crippen molar-refractivity contribution in [2.75, 3.05) is 6.54 Å². The predicted molar refractivity (Wildman–Crippen MR) is 99.6 cm³/mol. The van der Waals surface area contributed by atoms with E-state index < -0.39 is 17.6 Å². The summed E-state index contributed by atoms with van der Waals surface area (Å²) in [6, 6.07) is 13.1. The summed E-state index contributed by atoms with van der Waals surface area (Å²) in [5.74, 6) is -1.51. The number of nitrogens with one attached hydrogen (secondary N) is 2. The van der Waals surface area contributed by atoms with Crippen molar-refractivity contribution in [3.05, 3.63) is 71.0 Å². The highest BCUT2D eigenvalue weighted by Crippen LogP contribution is 2.21. The summed E-state index contributed by atoms with van der Waals surface area (Å²) in [7, 11) is 0. The van der Waals surface area contributed by atoms with E-state index in [1.807, 2.05) is 24.3 Å². The summed E-state index contributed by atoms with van der Waals surface area (Å²) in [4.78, 5) is 23.5. The molecule has 0 aliphatic rings. The highest BCUT2D eigenvalue weighted by molar-refractivity contribution is 5.96. The molecule has 5 nitrogen and oxygen atoms in total. The molecule has 2 amide bonds. The maximum Gasteiger partial charge on any atom is 0.259 e. The number of halogens is 1. The summed E-state index contributed by atoms with van der Waals surface area (Å²) in [6.07, 6.45) is 1.53. The Morgan fingerprint density at radius 2 is 1.81 bits per heavy atom. The summed E-state index contributed by atoms with van der Waals surface area (Å²) in [6.45, 7) is 6.15. The fraction of sp³-hybridized carbons (Fsp3) is 0.250. The van der Waals surface area contributed by atoms with Gasteiger partial charge in [-0.15, -0.1) is 0 Å². The van der Waals surface area contributed by atoms with Gasteiger partial charge < -0.3 is 5.32 Å². The lowest BCUT2D eigenvalue weighted by molar-refractivity contribution is -0.120. The zero-order valence-corrected chi connectivity index (χ0v) is 15.0. The van der Waals surface area contributed by atoms with Crippen molar-refractivity contribution >= 4 is 18.0 Å². The second-order valence-electron chi connectivity index (χ2n) is 6.86. The van der Waals surface area contributed by atoms with Gasteiger partial charge in [0.25, 0.3) is 11.8 Å². The number of carbonyl (C=O) groups is 2. The molecule has 0 bridgehead atoms. The van der Waals surface area contributed by atoms with Crippen LogP contribution in [0.25, 0.3) is 0 Å². The van der Waals surface area contributed by atoms with Crippen molar-refractivity contribution in [3.8, 4) is 0 Å². The van der Waals surface area contributed by atoms with E-state index in [0.29, 0.717) is 0 Å². The van der Waals surface area contributed by atoms with E-state index in [9.17, 15) is 14.0 Å². The Morgan fingerprint density at radius 3 is 2.42 bits per heavy atom. The molecule has 136 valence electrons. The average Bonchev–Trinajstić information content (AvgIpc) is 2.59. The standard InChI is InChI=1S/C20H22FN3O2/c1-20(2,3)16-9-7-14(8-10-16)12-23-24-18(25)13-22-19(26)15-5-4-6-17(21)11-15/h4-12H,13H2,1-3H3,(H,22,26)(H,24,25)/b23-12+. The zero-order chi connectivity index (χ0) is 19.2. The first kappa shape index (κ1) is 19.3. The minimum Gasteiger partial charge on any atom is -0.343 e. The van der Waals surface area contributed by atoms with Crippen LogP contribution in [0.3, 0.4) is 0 Å². The van der Waals surface area contributed by atoms with Crippen LogP contribution in [0.4, 0.5) is 4.39 Å². The Hall–Kier alpha value is -3.02. The fourth-order valence-electron chi connectivity index (χ4n) is 2.18. The first-order valence-electron chi connectivity index (χ1n) is 8.22. The van der Waals surface area contributed by atoms with Crippen LogP contribution < -0.4 is 10.7 Å². The van der Waals surface area contributed by atoms with Crippen LogP contribution in [-0.4, -0.2) is 24.6 Å². The van der Waals surface area contributed by atoms with E-state index >= 15 is 0 Å². The van der Waals surface area contributed by atoms with Gasteiger partial charge in [-0.05, 0) is 34.7 Å². The third-order valence-electron chi connectivity index (χ3n) is 3.68. The number of benzene rings is 2. The number of nitrogens with zero attached hydrogens (tertiary/aromatic N) is 1. The Labute approximate surface area is 152 Å². The number of hydrogen-bond acceptors (Lipinski definition) is 3. The quantitative estimate of drug-likeness (QED) is 0.639. The predicted octanol–water partition coefficient (Wildman–Crippen LogP) is 3.00. The van der Waals surface area contributed by atoms with Crippen LogP contribution in [0.1, 0.15) is 42.3 Å². The molecule has 0 heterocycles. The highest BCUT2D eigenvalue weighted by atomic mass is 19.1. The zero-order valence-electron chi connectivity index (χ0n) is 15.0. The van der Waals surface area contributed by atoms with Gasteiger partial charge >= 0.3 is 0 Å². The second-order valence-corrected chi connectivity index (χ2v) is 6.86. The molecule has 0 unspecified atom stereocenters. The SMILES string of the molecule is CC(C)(C)c1ccc(/C=N/NC(=O)CNC(=O)c2cccc(F)c2)cc1. The summed E-state index contributed by atoms with van der Waals surface area (Å²) in [5, 5.41) is 6.27. The van der Waals surface area contributed by atoms with Gasteiger partial charge in [-0.2, -0.15) is 5.10 Å². The van der Waals surface area contributed by atoms with E-state index in [0.717, 1.165) is 11.6 Å². The first-order valence-corrected chi connectivity index (χ1v) is 8.22. The van der Waals surface area contributed by atoms with E-state index in [4.69, 9.17) is 0 Å². The lowest BCUT2D eigenvalue weighted by Crippen LogP contribution is -2.34. The van der Waals surface area contributed by atoms with Crippen LogP contribution in [-0.2, 0) is 10.2 Å². The average molecular weight is 355 g/mol. The molecule has 0 radical (unpaired) electrons. The molecule has 0 saturated carbocycles. The Balaban J connectivity index is 1.81. The van der Waals surface area contributed by atoms with Gasteiger partial charge in [0.1, 0.15) is 5.82 Å². The molecule has 2 aromatic rings. The molecule has 0 fully saturated rings. The fourth-order valence-corrected chi connectivity index (χ4v) is 2.18. The molecule has 0 aliphatic heterocycles. The topological polar surface area (TPSA) is 70.6 Å². The Kier molecular flexibility index (Phi) is 6.22. The van der Waals surface area contributed by atoms with Gasteiger partial charge in [-0.1, -0.05) is 51.1 Å². The Morgan fingerprint density at radius 1 is 1.12 bits per heavy atom. The summed E-state index contributed by atoms with van der Waals surface area (Å²) < 4.78 is 13.1. The van der Waals surface area contributed by atoms with Crippen molar-refractivity contribution in [1.82, 2.24) is 10.7 Å². The number of hydrogen-bond donors (Lipinski definition) is 2. The lowest BCUT2D eigenvalue weighted by Gasteiger charge is -2.18. The lowest BCUT2D eigenvalue weighted by atomic mass is 9.87. The Bertz CT molecular complexity index is 809. The van der Waals surface area contributed by atoms with Crippen LogP contribution >= 0.6 is 0 Å². The molecule has 0 spiro atoms. The van der Waals surface area contributed by atoms with E-state index in [2.05, 4.69) is 36.6 Å². The molecular weight excluding hydrogens is 333 g/mol. The molecule has 2 aromatic carbocycles. The smallest absolute Gasteiger partial charge is 0.259 e. The maximum atomic E-state index is 13.1. The largest absolute Gasteiger partial charge is 0.343 e. The molecule has 2 N–H and O–H groups in total.